The molecule has 0 saturated heterocycles. The van der Waals surface area contributed by atoms with E-state index in [2.05, 4.69) is 5.32 Å². The van der Waals surface area contributed by atoms with Crippen molar-refractivity contribution in [2.75, 3.05) is 31.0 Å². The van der Waals surface area contributed by atoms with E-state index < -0.39 is 0 Å². The largest absolute Gasteiger partial charge is 0.497 e. The standard InChI is InChI=1S/C20H22N2O4S/c1-13-10-20(24)22(16-6-4-5-7-18(16)27-13)12-19(23)21-15-9-8-14(25-2)11-17(15)26-3/h4-9,11,13H,10,12H2,1-3H3,(H,21,23)/t13-/m0/s1. The molecule has 0 aliphatic carbocycles. The van der Waals surface area contributed by atoms with Crippen molar-refractivity contribution in [2.24, 2.45) is 0 Å². The first-order valence-corrected chi connectivity index (χ1v) is 9.47. The van der Waals surface area contributed by atoms with Gasteiger partial charge in [0, 0.05) is 22.6 Å². The Labute approximate surface area is 162 Å². The van der Waals surface area contributed by atoms with E-state index in [1.807, 2.05) is 31.2 Å². The van der Waals surface area contributed by atoms with E-state index in [0.29, 0.717) is 23.6 Å². The Morgan fingerprint density at radius 3 is 2.74 bits per heavy atom. The van der Waals surface area contributed by atoms with Crippen LogP contribution in [0.3, 0.4) is 0 Å². The van der Waals surface area contributed by atoms with Crippen molar-refractivity contribution in [3.63, 3.8) is 0 Å². The maximum atomic E-state index is 12.7. The normalized spacial score (nSPS) is 16.3. The van der Waals surface area contributed by atoms with E-state index >= 15 is 0 Å². The Bertz CT molecular complexity index is 856. The summed E-state index contributed by atoms with van der Waals surface area (Å²) in [5.74, 6) is 0.778. The third-order valence-corrected chi connectivity index (χ3v) is 5.40. The van der Waals surface area contributed by atoms with E-state index in [9.17, 15) is 9.59 Å². The van der Waals surface area contributed by atoms with Crippen molar-refractivity contribution in [2.45, 2.75) is 23.5 Å². The van der Waals surface area contributed by atoms with Crippen LogP contribution in [-0.2, 0) is 9.59 Å². The van der Waals surface area contributed by atoms with Gasteiger partial charge < -0.3 is 19.7 Å². The number of nitrogens with zero attached hydrogens (tertiary/aromatic N) is 1. The van der Waals surface area contributed by atoms with Crippen molar-refractivity contribution in [1.29, 1.82) is 0 Å². The van der Waals surface area contributed by atoms with Crippen LogP contribution in [0.5, 0.6) is 11.5 Å². The predicted molar refractivity (Wildman–Crippen MR) is 107 cm³/mol. The van der Waals surface area contributed by atoms with Crippen LogP contribution in [0.15, 0.2) is 47.4 Å². The highest BCUT2D eigenvalue weighted by atomic mass is 32.2. The molecule has 2 aromatic rings. The maximum absolute atomic E-state index is 12.7. The third-order valence-electron chi connectivity index (χ3n) is 4.23. The van der Waals surface area contributed by atoms with Gasteiger partial charge in [0.15, 0.2) is 0 Å². The number of nitrogens with one attached hydrogen (secondary N) is 1. The highest BCUT2D eigenvalue weighted by Crippen LogP contribution is 2.37. The van der Waals surface area contributed by atoms with Crippen LogP contribution in [-0.4, -0.2) is 37.8 Å². The maximum Gasteiger partial charge on any atom is 0.244 e. The summed E-state index contributed by atoms with van der Waals surface area (Å²) in [5.41, 5.74) is 1.30. The number of hydrogen-bond donors (Lipinski definition) is 1. The van der Waals surface area contributed by atoms with Crippen LogP contribution in [0.2, 0.25) is 0 Å². The zero-order chi connectivity index (χ0) is 19.4. The van der Waals surface area contributed by atoms with Gasteiger partial charge in [0.25, 0.3) is 0 Å². The lowest BCUT2D eigenvalue weighted by molar-refractivity contribution is -0.121. The van der Waals surface area contributed by atoms with Crippen molar-refractivity contribution in [3.8, 4) is 11.5 Å². The smallest absolute Gasteiger partial charge is 0.244 e. The first-order valence-electron chi connectivity index (χ1n) is 8.59. The van der Waals surface area contributed by atoms with Crippen LogP contribution in [0.1, 0.15) is 13.3 Å². The summed E-state index contributed by atoms with van der Waals surface area (Å²) in [7, 11) is 3.09. The molecule has 3 rings (SSSR count). The van der Waals surface area contributed by atoms with Crippen LogP contribution in [0.25, 0.3) is 0 Å². The quantitative estimate of drug-likeness (QED) is 0.851. The lowest BCUT2D eigenvalue weighted by atomic mass is 10.2. The number of rotatable bonds is 5. The number of fused-ring (bicyclic) bond motifs is 1. The van der Waals surface area contributed by atoms with E-state index in [-0.39, 0.29) is 23.6 Å². The lowest BCUT2D eigenvalue weighted by Crippen LogP contribution is -2.38. The fourth-order valence-corrected chi connectivity index (χ4v) is 4.05. The number of thioether (sulfide) groups is 1. The summed E-state index contributed by atoms with van der Waals surface area (Å²) in [4.78, 5) is 27.9. The van der Waals surface area contributed by atoms with Gasteiger partial charge in [0.05, 0.1) is 25.6 Å². The topological polar surface area (TPSA) is 67.9 Å². The predicted octanol–water partition coefficient (Wildman–Crippen LogP) is 3.56. The van der Waals surface area contributed by atoms with Crippen LogP contribution >= 0.6 is 11.8 Å². The molecule has 0 radical (unpaired) electrons. The molecule has 1 N–H and O–H groups in total. The molecule has 1 aliphatic heterocycles. The molecule has 0 spiro atoms. The third kappa shape index (κ3) is 4.36. The minimum Gasteiger partial charge on any atom is -0.497 e. The summed E-state index contributed by atoms with van der Waals surface area (Å²) < 4.78 is 10.5. The van der Waals surface area contributed by atoms with Gasteiger partial charge in [0.2, 0.25) is 11.8 Å². The number of hydrogen-bond acceptors (Lipinski definition) is 5. The molecule has 142 valence electrons. The van der Waals surface area contributed by atoms with Gasteiger partial charge in [0.1, 0.15) is 18.0 Å². The van der Waals surface area contributed by atoms with Crippen molar-refractivity contribution in [1.82, 2.24) is 0 Å². The summed E-state index contributed by atoms with van der Waals surface area (Å²) in [6.45, 7) is 1.96. The minimum atomic E-state index is -0.291. The molecule has 0 unspecified atom stereocenters. The Hall–Kier alpha value is -2.67. The number of anilines is 2. The second-order valence-corrected chi connectivity index (χ2v) is 7.67. The van der Waals surface area contributed by atoms with Crippen molar-refractivity contribution < 1.29 is 19.1 Å². The second kappa shape index (κ2) is 8.35. The Kier molecular flexibility index (Phi) is 5.91. The molecular formula is C20H22N2O4S. The van der Waals surface area contributed by atoms with Gasteiger partial charge in [-0.3, -0.25) is 9.59 Å². The summed E-state index contributed by atoms with van der Waals surface area (Å²) in [6, 6.07) is 12.8. The number of ether oxygens (including phenoxy) is 2. The average molecular weight is 386 g/mol. The van der Waals surface area contributed by atoms with E-state index in [4.69, 9.17) is 9.47 Å². The van der Waals surface area contributed by atoms with Crippen molar-refractivity contribution in [3.05, 3.63) is 42.5 Å². The summed E-state index contributed by atoms with van der Waals surface area (Å²) >= 11 is 1.65. The molecule has 1 heterocycles. The summed E-state index contributed by atoms with van der Waals surface area (Å²) in [5, 5.41) is 2.98. The second-order valence-electron chi connectivity index (χ2n) is 6.19. The number of carbonyl (C=O) groups excluding carboxylic acids is 2. The monoisotopic (exact) mass is 386 g/mol. The molecule has 2 aromatic carbocycles. The summed E-state index contributed by atoms with van der Waals surface area (Å²) in [6.07, 6.45) is 0.387. The molecule has 0 aromatic heterocycles. The molecule has 1 aliphatic rings. The molecule has 2 amide bonds. The van der Waals surface area contributed by atoms with Crippen LogP contribution in [0, 0.1) is 0 Å². The first kappa shape index (κ1) is 19.1. The molecule has 0 saturated carbocycles. The highest BCUT2D eigenvalue weighted by molar-refractivity contribution is 8.00. The molecule has 7 heteroatoms. The Morgan fingerprint density at radius 1 is 1.22 bits per heavy atom. The number of para-hydroxylation sites is 1. The molecule has 6 nitrogen and oxygen atoms in total. The Balaban J connectivity index is 1.80. The fourth-order valence-electron chi connectivity index (χ4n) is 2.94. The first-order chi connectivity index (χ1) is 13.0. The highest BCUT2D eigenvalue weighted by Gasteiger charge is 2.27. The lowest BCUT2D eigenvalue weighted by Gasteiger charge is -2.22. The SMILES string of the molecule is COc1ccc(NC(=O)CN2C(=O)C[C@H](C)Sc3ccccc32)c(OC)c1. The van der Waals surface area contributed by atoms with Gasteiger partial charge >= 0.3 is 0 Å². The number of benzene rings is 2. The van der Waals surface area contributed by atoms with Gasteiger partial charge in [-0.05, 0) is 24.3 Å². The average Bonchev–Trinajstić information content (AvgIpc) is 2.77. The van der Waals surface area contributed by atoms with E-state index in [1.165, 1.54) is 7.11 Å². The molecule has 0 fully saturated rings. The van der Waals surface area contributed by atoms with Gasteiger partial charge in [-0.25, -0.2) is 0 Å². The zero-order valence-electron chi connectivity index (χ0n) is 15.5. The molecule has 0 bridgehead atoms. The van der Waals surface area contributed by atoms with E-state index in [0.717, 1.165) is 10.6 Å². The van der Waals surface area contributed by atoms with Gasteiger partial charge in [-0.1, -0.05) is 19.1 Å². The zero-order valence-corrected chi connectivity index (χ0v) is 16.3. The number of amides is 2. The Morgan fingerprint density at radius 2 is 2.00 bits per heavy atom. The van der Waals surface area contributed by atoms with Gasteiger partial charge in [-0.15, -0.1) is 11.8 Å². The van der Waals surface area contributed by atoms with Gasteiger partial charge in [-0.2, -0.15) is 0 Å². The minimum absolute atomic E-state index is 0.0572. The molecule has 1 atom stereocenters. The van der Waals surface area contributed by atoms with Crippen molar-refractivity contribution >= 4 is 35.0 Å². The number of carbonyl (C=O) groups is 2. The molecule has 27 heavy (non-hydrogen) atoms. The number of methoxy groups -OCH3 is 2. The van der Waals surface area contributed by atoms with Crippen LogP contribution in [0.4, 0.5) is 11.4 Å². The molecular weight excluding hydrogens is 364 g/mol. The fraction of sp³-hybridized carbons (Fsp3) is 0.300. The van der Waals surface area contributed by atoms with Crippen LogP contribution < -0.4 is 19.7 Å². The van der Waals surface area contributed by atoms with E-state index in [1.54, 1.807) is 42.0 Å².